The topological polar surface area (TPSA) is 83.5 Å². The normalized spacial score (nSPS) is 12.0. The van der Waals surface area contributed by atoms with Crippen molar-refractivity contribution in [3.8, 4) is 0 Å². The Morgan fingerprint density at radius 3 is 2.32 bits per heavy atom. The van der Waals surface area contributed by atoms with Gasteiger partial charge in [0.15, 0.2) is 0 Å². The Kier molecular flexibility index (Phi) is 4.96. The maximum atomic E-state index is 13.3. The molecule has 0 aliphatic heterocycles. The number of halogens is 5. The lowest BCUT2D eigenvalue weighted by Crippen LogP contribution is -2.15. The molecule has 134 valence electrons. The second-order valence-corrected chi connectivity index (χ2v) is 6.83. The van der Waals surface area contributed by atoms with Crippen molar-refractivity contribution in [1.29, 1.82) is 0 Å². The molecule has 0 spiro atoms. The summed E-state index contributed by atoms with van der Waals surface area (Å²) in [6.45, 7) is 0. The fourth-order valence-electron chi connectivity index (χ4n) is 1.82. The molecule has 0 amide bonds. The molecule has 2 aromatic carbocycles. The molecule has 2 aromatic rings. The number of benzene rings is 2. The third kappa shape index (κ3) is 4.20. The van der Waals surface area contributed by atoms with Crippen molar-refractivity contribution in [2.24, 2.45) is 0 Å². The van der Waals surface area contributed by atoms with Crippen LogP contribution < -0.4 is 4.72 Å². The van der Waals surface area contributed by atoms with Gasteiger partial charge < -0.3 is 5.11 Å². The largest absolute Gasteiger partial charge is 0.478 e. The number of hydrogen-bond donors (Lipinski definition) is 2. The van der Waals surface area contributed by atoms with Crippen LogP contribution in [0.5, 0.6) is 0 Å². The highest BCUT2D eigenvalue weighted by atomic mass is 35.5. The summed E-state index contributed by atoms with van der Waals surface area (Å²) in [5.74, 6) is -2.87. The minimum atomic E-state index is -4.73. The van der Waals surface area contributed by atoms with Crippen molar-refractivity contribution < 1.29 is 35.9 Å². The van der Waals surface area contributed by atoms with E-state index in [1.807, 2.05) is 4.72 Å². The van der Waals surface area contributed by atoms with E-state index in [0.29, 0.717) is 24.3 Å². The molecule has 5 nitrogen and oxygen atoms in total. The van der Waals surface area contributed by atoms with Crippen molar-refractivity contribution in [3.05, 3.63) is 58.4 Å². The van der Waals surface area contributed by atoms with Crippen molar-refractivity contribution in [2.45, 2.75) is 11.1 Å². The smallest absolute Gasteiger partial charge is 0.416 e. The predicted molar refractivity (Wildman–Crippen MR) is 80.6 cm³/mol. The number of alkyl halides is 3. The zero-order valence-corrected chi connectivity index (χ0v) is 13.5. The van der Waals surface area contributed by atoms with Crippen molar-refractivity contribution >= 4 is 33.3 Å². The van der Waals surface area contributed by atoms with Gasteiger partial charge in [0.1, 0.15) is 5.82 Å². The maximum Gasteiger partial charge on any atom is 0.416 e. The predicted octanol–water partition coefficient (Wildman–Crippen LogP) is 4.00. The zero-order valence-electron chi connectivity index (χ0n) is 11.9. The molecule has 0 bridgehead atoms. The Morgan fingerprint density at radius 1 is 1.12 bits per heavy atom. The fraction of sp³-hybridized carbons (Fsp3) is 0.0714. The molecule has 0 saturated heterocycles. The number of nitrogens with one attached hydrogen (secondary N) is 1. The second kappa shape index (κ2) is 6.52. The van der Waals surface area contributed by atoms with Gasteiger partial charge in [-0.1, -0.05) is 11.6 Å². The molecule has 0 unspecified atom stereocenters. The number of sulfonamides is 1. The third-order valence-electron chi connectivity index (χ3n) is 3.02. The van der Waals surface area contributed by atoms with Gasteiger partial charge in [-0.15, -0.1) is 0 Å². The molecule has 0 atom stereocenters. The minimum absolute atomic E-state index is 0.308. The average molecular weight is 398 g/mol. The number of carboxylic acid groups (broad SMARTS) is 1. The molecule has 0 aliphatic rings. The van der Waals surface area contributed by atoms with Crippen LogP contribution >= 0.6 is 11.6 Å². The summed E-state index contributed by atoms with van der Waals surface area (Å²) in [6.07, 6.45) is -4.73. The van der Waals surface area contributed by atoms with E-state index >= 15 is 0 Å². The van der Waals surface area contributed by atoms with E-state index < -0.39 is 49.7 Å². The number of carboxylic acids is 1. The molecule has 11 heteroatoms. The van der Waals surface area contributed by atoms with E-state index in [0.717, 1.165) is 12.1 Å². The van der Waals surface area contributed by atoms with Gasteiger partial charge in [-0.3, -0.25) is 4.72 Å². The average Bonchev–Trinajstić information content (AvgIpc) is 2.48. The Balaban J connectivity index is 2.46. The number of carbonyl (C=O) groups is 1. The summed E-state index contributed by atoms with van der Waals surface area (Å²) in [4.78, 5) is 10.2. The summed E-state index contributed by atoms with van der Waals surface area (Å²) in [6, 6.07) is 3.94. The van der Waals surface area contributed by atoms with Crippen LogP contribution in [-0.2, 0) is 16.2 Å². The molecule has 0 saturated carbocycles. The lowest BCUT2D eigenvalue weighted by atomic mass is 10.2. The fourth-order valence-corrected chi connectivity index (χ4v) is 3.14. The molecule has 0 radical (unpaired) electrons. The number of aromatic carboxylic acids is 1. The van der Waals surface area contributed by atoms with Crippen LogP contribution in [0, 0.1) is 5.82 Å². The SMILES string of the molecule is O=C(O)c1cc(S(=O)(=O)Nc2cc(C(F)(F)F)ccc2Cl)ccc1F. The molecule has 0 heterocycles. The first-order valence-corrected chi connectivity index (χ1v) is 8.20. The standard InChI is InChI=1S/C14H8ClF4NO4S/c15-10-3-1-7(14(17,18)19)5-12(10)20-25(23,24)8-2-4-11(16)9(6-8)13(21)22/h1-6,20H,(H,21,22). The van der Waals surface area contributed by atoms with Crippen molar-refractivity contribution in [2.75, 3.05) is 4.72 Å². The summed E-state index contributed by atoms with van der Waals surface area (Å²) in [5, 5.41) is 8.51. The molecular formula is C14H8ClF4NO4S. The summed E-state index contributed by atoms with van der Waals surface area (Å²) < 4.78 is 77.8. The lowest BCUT2D eigenvalue weighted by molar-refractivity contribution is -0.137. The van der Waals surface area contributed by atoms with Gasteiger partial charge in [-0.2, -0.15) is 13.2 Å². The van der Waals surface area contributed by atoms with Crippen LogP contribution in [0.25, 0.3) is 0 Å². The molecule has 2 N–H and O–H groups in total. The first kappa shape index (κ1) is 19.0. The van der Waals surface area contributed by atoms with Gasteiger partial charge in [0.05, 0.1) is 26.7 Å². The van der Waals surface area contributed by atoms with Gasteiger partial charge in [-0.25, -0.2) is 17.6 Å². The molecule has 0 aliphatic carbocycles. The Morgan fingerprint density at radius 2 is 1.76 bits per heavy atom. The van der Waals surface area contributed by atoms with Gasteiger partial charge in [0.25, 0.3) is 10.0 Å². The van der Waals surface area contributed by atoms with Crippen molar-refractivity contribution in [1.82, 2.24) is 0 Å². The Labute approximate surface area is 143 Å². The molecular weight excluding hydrogens is 390 g/mol. The van der Waals surface area contributed by atoms with Crippen LogP contribution in [0.2, 0.25) is 5.02 Å². The van der Waals surface area contributed by atoms with E-state index in [9.17, 15) is 30.8 Å². The van der Waals surface area contributed by atoms with Gasteiger partial charge in [-0.05, 0) is 36.4 Å². The molecule has 0 aromatic heterocycles. The molecule has 25 heavy (non-hydrogen) atoms. The first-order valence-electron chi connectivity index (χ1n) is 6.34. The lowest BCUT2D eigenvalue weighted by Gasteiger charge is -2.13. The number of rotatable bonds is 4. The Bertz CT molecular complexity index is 944. The summed E-state index contributed by atoms with van der Waals surface area (Å²) in [7, 11) is -4.50. The zero-order chi connectivity index (χ0) is 19.0. The number of hydrogen-bond acceptors (Lipinski definition) is 3. The van der Waals surface area contributed by atoms with Crippen LogP contribution in [0.1, 0.15) is 15.9 Å². The van der Waals surface area contributed by atoms with E-state index in [1.165, 1.54) is 0 Å². The summed E-state index contributed by atoms with van der Waals surface area (Å²) >= 11 is 5.70. The van der Waals surface area contributed by atoms with E-state index in [1.54, 1.807) is 0 Å². The third-order valence-corrected chi connectivity index (χ3v) is 4.71. The summed E-state index contributed by atoms with van der Waals surface area (Å²) in [5.41, 5.74) is -2.60. The van der Waals surface area contributed by atoms with Gasteiger partial charge in [0.2, 0.25) is 0 Å². The van der Waals surface area contributed by atoms with Crippen LogP contribution in [0.4, 0.5) is 23.2 Å². The van der Waals surface area contributed by atoms with Crippen LogP contribution in [0.3, 0.4) is 0 Å². The van der Waals surface area contributed by atoms with Crippen molar-refractivity contribution in [3.63, 3.8) is 0 Å². The monoisotopic (exact) mass is 397 g/mol. The van der Waals surface area contributed by atoms with Gasteiger partial charge >= 0.3 is 12.1 Å². The first-order chi connectivity index (χ1) is 11.4. The van der Waals surface area contributed by atoms with Gasteiger partial charge in [0, 0.05) is 0 Å². The van der Waals surface area contributed by atoms with E-state index in [-0.39, 0.29) is 5.02 Å². The number of anilines is 1. The van der Waals surface area contributed by atoms with E-state index in [2.05, 4.69) is 0 Å². The highest BCUT2D eigenvalue weighted by Crippen LogP contribution is 2.34. The minimum Gasteiger partial charge on any atom is -0.478 e. The highest BCUT2D eigenvalue weighted by Gasteiger charge is 2.31. The van der Waals surface area contributed by atoms with Crippen LogP contribution in [-0.4, -0.2) is 19.5 Å². The molecule has 0 fully saturated rings. The second-order valence-electron chi connectivity index (χ2n) is 4.74. The highest BCUT2D eigenvalue weighted by molar-refractivity contribution is 7.92. The quantitative estimate of drug-likeness (QED) is 0.764. The van der Waals surface area contributed by atoms with E-state index in [4.69, 9.17) is 16.7 Å². The Hall–Kier alpha value is -2.33. The maximum absolute atomic E-state index is 13.3. The molecule has 2 rings (SSSR count). The van der Waals surface area contributed by atoms with Crippen LogP contribution in [0.15, 0.2) is 41.3 Å².